The van der Waals surface area contributed by atoms with Crippen molar-refractivity contribution in [2.24, 2.45) is 5.92 Å². The van der Waals surface area contributed by atoms with E-state index in [1.54, 1.807) is 6.26 Å². The van der Waals surface area contributed by atoms with Crippen LogP contribution < -0.4 is 5.32 Å². The molecule has 4 nitrogen and oxygen atoms in total. The van der Waals surface area contributed by atoms with E-state index < -0.39 is 0 Å². The zero-order valence-electron chi connectivity index (χ0n) is 14.0. The molecule has 0 saturated carbocycles. The minimum atomic E-state index is 0. The molecule has 0 radical (unpaired) electrons. The van der Waals surface area contributed by atoms with Crippen molar-refractivity contribution < 1.29 is 4.42 Å². The third-order valence-corrected chi connectivity index (χ3v) is 4.63. The summed E-state index contributed by atoms with van der Waals surface area (Å²) < 4.78 is 5.62. The Morgan fingerprint density at radius 1 is 1.33 bits per heavy atom. The van der Waals surface area contributed by atoms with Crippen molar-refractivity contribution in [3.8, 4) is 11.5 Å². The largest absolute Gasteiger partial charge is 0.444 e. The number of rotatable bonds is 6. The quantitative estimate of drug-likeness (QED) is 0.826. The number of hydrogen-bond donors (Lipinski definition) is 1. The molecule has 6 heteroatoms. The van der Waals surface area contributed by atoms with E-state index in [9.17, 15) is 0 Å². The molecule has 1 fully saturated rings. The maximum atomic E-state index is 6.02. The second-order valence-electron chi connectivity index (χ2n) is 6.18. The number of oxazole rings is 1. The Kier molecular flexibility index (Phi) is 7.56. The number of hydrogen-bond acceptors (Lipinski definition) is 4. The summed E-state index contributed by atoms with van der Waals surface area (Å²) in [4.78, 5) is 7.07. The van der Waals surface area contributed by atoms with Gasteiger partial charge in [0.2, 0.25) is 5.89 Å². The van der Waals surface area contributed by atoms with Crippen LogP contribution in [0.1, 0.15) is 25.5 Å². The molecule has 1 aliphatic heterocycles. The van der Waals surface area contributed by atoms with Crippen molar-refractivity contribution in [2.75, 3.05) is 26.2 Å². The highest BCUT2D eigenvalue weighted by molar-refractivity contribution is 6.30. The van der Waals surface area contributed by atoms with E-state index in [4.69, 9.17) is 16.0 Å². The fourth-order valence-electron chi connectivity index (χ4n) is 3.06. The normalized spacial score (nSPS) is 16.1. The lowest BCUT2D eigenvalue weighted by Crippen LogP contribution is -2.36. The number of aromatic nitrogens is 1. The topological polar surface area (TPSA) is 41.3 Å². The molecule has 0 bridgehead atoms. The molecular formula is C18H25Cl2N3O. The third-order valence-electron chi connectivity index (χ3n) is 4.40. The Hall–Kier alpha value is -1.07. The summed E-state index contributed by atoms with van der Waals surface area (Å²) in [5.74, 6) is 1.45. The predicted molar refractivity (Wildman–Crippen MR) is 101 cm³/mol. The van der Waals surface area contributed by atoms with Gasteiger partial charge in [-0.25, -0.2) is 4.98 Å². The Balaban J connectivity index is 0.00000208. The van der Waals surface area contributed by atoms with Crippen molar-refractivity contribution in [3.63, 3.8) is 0 Å². The van der Waals surface area contributed by atoms with Gasteiger partial charge < -0.3 is 9.73 Å². The highest BCUT2D eigenvalue weighted by Crippen LogP contribution is 2.23. The number of nitrogens with zero attached hydrogens (tertiary/aromatic N) is 2. The lowest BCUT2D eigenvalue weighted by Gasteiger charge is -2.31. The smallest absolute Gasteiger partial charge is 0.226 e. The molecule has 0 atom stereocenters. The summed E-state index contributed by atoms with van der Waals surface area (Å²) in [5, 5.41) is 4.15. The molecule has 2 heterocycles. The molecule has 0 aliphatic carbocycles. The van der Waals surface area contributed by atoms with Crippen molar-refractivity contribution >= 4 is 24.0 Å². The van der Waals surface area contributed by atoms with Crippen LogP contribution >= 0.6 is 24.0 Å². The summed E-state index contributed by atoms with van der Waals surface area (Å²) in [6.45, 7) is 7.50. The van der Waals surface area contributed by atoms with E-state index >= 15 is 0 Å². The van der Waals surface area contributed by atoms with Gasteiger partial charge in [0.25, 0.3) is 0 Å². The van der Waals surface area contributed by atoms with E-state index in [0.29, 0.717) is 10.9 Å². The number of nitrogens with one attached hydrogen (secondary N) is 1. The fourth-order valence-corrected chi connectivity index (χ4v) is 3.25. The Bertz CT molecular complexity index is 624. The molecule has 0 amide bonds. The van der Waals surface area contributed by atoms with E-state index in [0.717, 1.165) is 49.9 Å². The first kappa shape index (κ1) is 19.3. The average molecular weight is 370 g/mol. The van der Waals surface area contributed by atoms with Gasteiger partial charge in [-0.2, -0.15) is 0 Å². The van der Waals surface area contributed by atoms with Crippen molar-refractivity contribution in [1.29, 1.82) is 0 Å². The molecule has 0 unspecified atom stereocenters. The van der Waals surface area contributed by atoms with Gasteiger partial charge in [0, 0.05) is 17.1 Å². The molecule has 1 aliphatic rings. The molecule has 1 saturated heterocycles. The van der Waals surface area contributed by atoms with Crippen molar-refractivity contribution in [2.45, 2.75) is 26.3 Å². The standard InChI is InChI=1S/C18H24ClN3O.ClH/c1-2-20-11-14-6-8-22(9-7-14)12-17-13-23-18(21-17)15-4-3-5-16(19)10-15;/h3-5,10,13-14,20H,2,6-9,11-12H2,1H3;1H. The average Bonchev–Trinajstić information content (AvgIpc) is 3.03. The Morgan fingerprint density at radius 3 is 2.83 bits per heavy atom. The lowest BCUT2D eigenvalue weighted by molar-refractivity contribution is 0.174. The van der Waals surface area contributed by atoms with Crippen LogP contribution in [0, 0.1) is 5.92 Å². The fraction of sp³-hybridized carbons (Fsp3) is 0.500. The van der Waals surface area contributed by atoms with Gasteiger partial charge >= 0.3 is 0 Å². The molecule has 1 aromatic carbocycles. The number of benzene rings is 1. The summed E-state index contributed by atoms with van der Waals surface area (Å²) >= 11 is 6.02. The molecule has 1 aromatic heterocycles. The summed E-state index contributed by atoms with van der Waals surface area (Å²) in [6, 6.07) is 7.61. The maximum Gasteiger partial charge on any atom is 0.226 e. The summed E-state index contributed by atoms with van der Waals surface area (Å²) in [7, 11) is 0. The SMILES string of the molecule is CCNCC1CCN(Cc2coc(-c3cccc(Cl)c3)n2)CC1.Cl. The molecule has 0 spiro atoms. The Morgan fingerprint density at radius 2 is 2.12 bits per heavy atom. The van der Waals surface area contributed by atoms with E-state index in [1.807, 2.05) is 24.3 Å². The highest BCUT2D eigenvalue weighted by Gasteiger charge is 2.20. The zero-order valence-corrected chi connectivity index (χ0v) is 15.6. The zero-order chi connectivity index (χ0) is 16.1. The number of piperidine rings is 1. The first-order valence-corrected chi connectivity index (χ1v) is 8.76. The van der Waals surface area contributed by atoms with Gasteiger partial charge in [0.05, 0.1) is 5.69 Å². The molecule has 1 N–H and O–H groups in total. The van der Waals surface area contributed by atoms with Crippen LogP contribution in [0.3, 0.4) is 0 Å². The molecule has 3 rings (SSSR count). The molecule has 24 heavy (non-hydrogen) atoms. The van der Waals surface area contributed by atoms with Crippen LogP contribution in [0.25, 0.3) is 11.5 Å². The van der Waals surface area contributed by atoms with E-state index in [-0.39, 0.29) is 12.4 Å². The lowest BCUT2D eigenvalue weighted by atomic mass is 9.97. The number of halogens is 2. The monoisotopic (exact) mass is 369 g/mol. The minimum Gasteiger partial charge on any atom is -0.444 e. The second-order valence-corrected chi connectivity index (χ2v) is 6.62. The van der Waals surface area contributed by atoms with Crippen molar-refractivity contribution in [1.82, 2.24) is 15.2 Å². The second kappa shape index (κ2) is 9.42. The van der Waals surface area contributed by atoms with Crippen LogP contribution in [-0.4, -0.2) is 36.1 Å². The van der Waals surface area contributed by atoms with E-state index in [1.165, 1.54) is 12.8 Å². The van der Waals surface area contributed by atoms with Gasteiger partial charge in [-0.05, 0) is 63.1 Å². The van der Waals surface area contributed by atoms with Gasteiger partial charge in [-0.15, -0.1) is 12.4 Å². The first-order valence-electron chi connectivity index (χ1n) is 8.38. The summed E-state index contributed by atoms with van der Waals surface area (Å²) in [5.41, 5.74) is 1.92. The van der Waals surface area contributed by atoms with E-state index in [2.05, 4.69) is 22.1 Å². The van der Waals surface area contributed by atoms with Gasteiger partial charge in [0.15, 0.2) is 0 Å². The van der Waals surface area contributed by atoms with Gasteiger partial charge in [-0.3, -0.25) is 4.90 Å². The van der Waals surface area contributed by atoms with Crippen LogP contribution in [0.5, 0.6) is 0 Å². The van der Waals surface area contributed by atoms with Crippen LogP contribution in [0.4, 0.5) is 0 Å². The number of likely N-dealkylation sites (tertiary alicyclic amines) is 1. The highest BCUT2D eigenvalue weighted by atomic mass is 35.5. The van der Waals surface area contributed by atoms with Crippen LogP contribution in [-0.2, 0) is 6.54 Å². The first-order chi connectivity index (χ1) is 11.2. The van der Waals surface area contributed by atoms with Crippen LogP contribution in [0.2, 0.25) is 5.02 Å². The summed E-state index contributed by atoms with van der Waals surface area (Å²) in [6.07, 6.45) is 4.28. The molecular weight excluding hydrogens is 345 g/mol. The Labute approximate surface area is 155 Å². The van der Waals surface area contributed by atoms with Crippen molar-refractivity contribution in [3.05, 3.63) is 41.2 Å². The van der Waals surface area contributed by atoms with Gasteiger partial charge in [0.1, 0.15) is 6.26 Å². The van der Waals surface area contributed by atoms with Crippen LogP contribution in [0.15, 0.2) is 34.9 Å². The molecule has 132 valence electrons. The molecule has 2 aromatic rings. The minimum absolute atomic E-state index is 0. The predicted octanol–water partition coefficient (Wildman–Crippen LogP) is 4.24. The maximum absolute atomic E-state index is 6.02. The third kappa shape index (κ3) is 5.21. The van der Waals surface area contributed by atoms with Gasteiger partial charge in [-0.1, -0.05) is 24.6 Å².